The molecule has 0 aliphatic rings. The molecule has 0 saturated carbocycles. The van der Waals surface area contributed by atoms with Gasteiger partial charge < -0.3 is 5.11 Å². The zero-order chi connectivity index (χ0) is 8.27. The third kappa shape index (κ3) is 1.64. The number of hydrogen-bond acceptors (Lipinski definition) is 3. The number of hydrogen-bond donors (Lipinski definition) is 1. The lowest BCUT2D eigenvalue weighted by molar-refractivity contribution is 0.0690. The average Bonchev–Trinajstić information content (AvgIpc) is 2.37. The van der Waals surface area contributed by atoms with E-state index in [0.717, 1.165) is 0 Å². The van der Waals surface area contributed by atoms with Crippen molar-refractivity contribution in [2.75, 3.05) is 0 Å². The smallest absolute Gasteiger partial charge is 0.358 e. The molecular formula is C6H7N3O2. The van der Waals surface area contributed by atoms with E-state index in [1.54, 1.807) is 6.08 Å². The van der Waals surface area contributed by atoms with Crippen LogP contribution in [0.3, 0.4) is 0 Å². The number of allylic oxidation sites excluding steroid dienone is 1. The lowest BCUT2D eigenvalue weighted by atomic mass is 10.5. The molecule has 0 atom stereocenters. The lowest BCUT2D eigenvalue weighted by Gasteiger charge is -1.88. The van der Waals surface area contributed by atoms with Gasteiger partial charge in [0, 0.05) is 0 Å². The van der Waals surface area contributed by atoms with Gasteiger partial charge in [-0.15, -0.1) is 11.7 Å². The van der Waals surface area contributed by atoms with E-state index in [-0.39, 0.29) is 5.69 Å². The van der Waals surface area contributed by atoms with Crippen molar-refractivity contribution < 1.29 is 9.90 Å². The van der Waals surface area contributed by atoms with Crippen molar-refractivity contribution in [1.29, 1.82) is 0 Å². The van der Waals surface area contributed by atoms with Crippen molar-refractivity contribution >= 4 is 5.97 Å². The van der Waals surface area contributed by atoms with Crippen molar-refractivity contribution in [2.45, 2.75) is 6.54 Å². The van der Waals surface area contributed by atoms with Gasteiger partial charge in [-0.1, -0.05) is 11.3 Å². The summed E-state index contributed by atoms with van der Waals surface area (Å²) in [6.45, 7) is 3.95. The number of carbonyl (C=O) groups is 1. The second-order valence-electron chi connectivity index (χ2n) is 1.92. The maximum atomic E-state index is 10.3. The van der Waals surface area contributed by atoms with Gasteiger partial charge in [-0.25, -0.2) is 9.48 Å². The van der Waals surface area contributed by atoms with Crippen LogP contribution in [0.25, 0.3) is 0 Å². The second kappa shape index (κ2) is 2.96. The summed E-state index contributed by atoms with van der Waals surface area (Å²) < 4.78 is 1.40. The molecule has 0 saturated heterocycles. The van der Waals surface area contributed by atoms with Gasteiger partial charge in [0.2, 0.25) is 0 Å². The number of aromatic carboxylic acids is 1. The Bertz CT molecular complexity index is 279. The van der Waals surface area contributed by atoms with Gasteiger partial charge in [0.05, 0.1) is 12.7 Å². The van der Waals surface area contributed by atoms with Crippen molar-refractivity contribution in [1.82, 2.24) is 15.0 Å². The largest absolute Gasteiger partial charge is 0.476 e. The molecule has 0 bridgehead atoms. The molecule has 0 aromatic carbocycles. The fourth-order valence-corrected chi connectivity index (χ4v) is 0.618. The maximum Gasteiger partial charge on any atom is 0.358 e. The first-order valence-corrected chi connectivity index (χ1v) is 2.98. The van der Waals surface area contributed by atoms with Crippen LogP contribution in [0.4, 0.5) is 0 Å². The van der Waals surface area contributed by atoms with Gasteiger partial charge in [0.25, 0.3) is 0 Å². The Balaban J connectivity index is 2.81. The normalized spacial score (nSPS) is 9.45. The molecular weight excluding hydrogens is 146 g/mol. The van der Waals surface area contributed by atoms with Crippen LogP contribution in [0, 0.1) is 0 Å². The molecule has 1 heterocycles. The summed E-state index contributed by atoms with van der Waals surface area (Å²) >= 11 is 0. The number of nitrogens with zero attached hydrogens (tertiary/aromatic N) is 3. The minimum Gasteiger partial charge on any atom is -0.476 e. The molecule has 0 spiro atoms. The molecule has 1 aromatic heterocycles. The van der Waals surface area contributed by atoms with Crippen LogP contribution in [0.1, 0.15) is 10.5 Å². The van der Waals surface area contributed by atoms with E-state index >= 15 is 0 Å². The first kappa shape index (κ1) is 7.46. The van der Waals surface area contributed by atoms with Crippen LogP contribution in [0.15, 0.2) is 18.9 Å². The molecule has 1 rings (SSSR count). The van der Waals surface area contributed by atoms with Gasteiger partial charge in [-0.05, 0) is 0 Å². The number of carboxylic acids is 1. The van der Waals surface area contributed by atoms with Crippen molar-refractivity contribution in [2.24, 2.45) is 0 Å². The number of rotatable bonds is 3. The molecule has 1 aromatic rings. The molecule has 0 fully saturated rings. The Morgan fingerprint density at radius 2 is 2.64 bits per heavy atom. The Labute approximate surface area is 63.0 Å². The molecule has 0 radical (unpaired) electrons. The fraction of sp³-hybridized carbons (Fsp3) is 0.167. The SMILES string of the molecule is C=CCn1cc(C(=O)O)nn1. The van der Waals surface area contributed by atoms with Crippen LogP contribution in [-0.2, 0) is 6.54 Å². The van der Waals surface area contributed by atoms with E-state index in [9.17, 15) is 4.79 Å². The predicted octanol–water partition coefficient (Wildman–Crippen LogP) is 0.162. The van der Waals surface area contributed by atoms with Gasteiger partial charge in [-0.2, -0.15) is 0 Å². The van der Waals surface area contributed by atoms with Gasteiger partial charge in [0.15, 0.2) is 5.69 Å². The van der Waals surface area contributed by atoms with Crippen molar-refractivity contribution in [3.8, 4) is 0 Å². The topological polar surface area (TPSA) is 68.0 Å². The second-order valence-corrected chi connectivity index (χ2v) is 1.92. The quantitative estimate of drug-likeness (QED) is 0.628. The highest BCUT2D eigenvalue weighted by Crippen LogP contribution is 1.91. The summed E-state index contributed by atoms with van der Waals surface area (Å²) in [6, 6.07) is 0. The van der Waals surface area contributed by atoms with E-state index in [1.165, 1.54) is 10.9 Å². The maximum absolute atomic E-state index is 10.3. The summed E-state index contributed by atoms with van der Waals surface area (Å²) in [4.78, 5) is 10.3. The number of aromatic nitrogens is 3. The van der Waals surface area contributed by atoms with Crippen molar-refractivity contribution in [3.05, 3.63) is 24.5 Å². The first-order chi connectivity index (χ1) is 5.24. The van der Waals surface area contributed by atoms with Gasteiger partial charge >= 0.3 is 5.97 Å². The Hall–Kier alpha value is -1.65. The molecule has 5 heteroatoms. The summed E-state index contributed by atoms with van der Waals surface area (Å²) in [5, 5.41) is 15.4. The third-order valence-corrected chi connectivity index (χ3v) is 1.07. The standard InChI is InChI=1S/C6H7N3O2/c1-2-3-9-4-5(6(10)11)7-8-9/h2,4H,1,3H2,(H,10,11). The molecule has 0 aliphatic heterocycles. The van der Waals surface area contributed by atoms with Crippen LogP contribution < -0.4 is 0 Å². The lowest BCUT2D eigenvalue weighted by Crippen LogP contribution is -1.96. The Kier molecular flexibility index (Phi) is 2.00. The van der Waals surface area contributed by atoms with E-state index in [0.29, 0.717) is 6.54 Å². The minimum atomic E-state index is -1.07. The molecule has 0 aliphatic carbocycles. The summed E-state index contributed by atoms with van der Waals surface area (Å²) in [5.41, 5.74) is -0.0492. The van der Waals surface area contributed by atoms with Crippen LogP contribution in [0.5, 0.6) is 0 Å². The molecule has 0 amide bonds. The molecule has 1 N–H and O–H groups in total. The van der Waals surface area contributed by atoms with E-state index < -0.39 is 5.97 Å². The van der Waals surface area contributed by atoms with E-state index in [1.807, 2.05) is 0 Å². The zero-order valence-corrected chi connectivity index (χ0v) is 5.77. The Morgan fingerprint density at radius 1 is 1.91 bits per heavy atom. The van der Waals surface area contributed by atoms with Crippen LogP contribution in [0.2, 0.25) is 0 Å². The van der Waals surface area contributed by atoms with Crippen molar-refractivity contribution in [3.63, 3.8) is 0 Å². The highest BCUT2D eigenvalue weighted by atomic mass is 16.4. The monoisotopic (exact) mass is 153 g/mol. The zero-order valence-electron chi connectivity index (χ0n) is 5.77. The molecule has 5 nitrogen and oxygen atoms in total. The Morgan fingerprint density at radius 3 is 3.09 bits per heavy atom. The predicted molar refractivity (Wildman–Crippen MR) is 37.2 cm³/mol. The molecule has 58 valence electrons. The van der Waals surface area contributed by atoms with Gasteiger partial charge in [-0.3, -0.25) is 0 Å². The van der Waals surface area contributed by atoms with E-state index in [4.69, 9.17) is 5.11 Å². The molecule has 0 unspecified atom stereocenters. The number of carboxylic acid groups (broad SMARTS) is 1. The third-order valence-electron chi connectivity index (χ3n) is 1.07. The summed E-state index contributed by atoms with van der Waals surface area (Å²) in [7, 11) is 0. The van der Waals surface area contributed by atoms with Crippen LogP contribution >= 0.6 is 0 Å². The summed E-state index contributed by atoms with van der Waals surface area (Å²) in [6.07, 6.45) is 2.96. The van der Waals surface area contributed by atoms with Gasteiger partial charge in [0.1, 0.15) is 0 Å². The highest BCUT2D eigenvalue weighted by Gasteiger charge is 2.06. The highest BCUT2D eigenvalue weighted by molar-refractivity contribution is 5.84. The van der Waals surface area contributed by atoms with Crippen LogP contribution in [-0.4, -0.2) is 26.1 Å². The minimum absolute atomic E-state index is 0.0492. The fourth-order valence-electron chi connectivity index (χ4n) is 0.618. The average molecular weight is 153 g/mol. The molecule has 11 heavy (non-hydrogen) atoms. The first-order valence-electron chi connectivity index (χ1n) is 2.98. The van der Waals surface area contributed by atoms with E-state index in [2.05, 4.69) is 16.9 Å². The summed E-state index contributed by atoms with van der Waals surface area (Å²) in [5.74, 6) is -1.07.